The summed E-state index contributed by atoms with van der Waals surface area (Å²) in [5.41, 5.74) is 2.48. The van der Waals surface area contributed by atoms with Crippen LogP contribution in [0.15, 0.2) is 53.3 Å². The van der Waals surface area contributed by atoms with Gasteiger partial charge in [-0.2, -0.15) is 0 Å². The topological polar surface area (TPSA) is 38.1 Å². The molecule has 0 aliphatic rings. The zero-order chi connectivity index (χ0) is 11.8. The number of phenolic OH excluding ortho intramolecular Hbond substituents is 1. The van der Waals surface area contributed by atoms with Crippen molar-refractivity contribution in [3.63, 3.8) is 0 Å². The van der Waals surface area contributed by atoms with Crippen molar-refractivity contribution in [2.45, 2.75) is 0 Å². The molecule has 1 aromatic heterocycles. The number of benzene rings is 2. The molecule has 84 valence electrons. The lowest BCUT2D eigenvalue weighted by atomic mass is 10.2. The number of rotatable bonds is 1. The monoisotopic (exact) mass is 288 g/mol. The van der Waals surface area contributed by atoms with Gasteiger partial charge in [-0.05, 0) is 40.2 Å². The van der Waals surface area contributed by atoms with E-state index in [1.165, 1.54) is 0 Å². The summed E-state index contributed by atoms with van der Waals surface area (Å²) < 4.78 is 2.63. The summed E-state index contributed by atoms with van der Waals surface area (Å²) in [5, 5.41) is 9.76. The molecule has 1 N–H and O–H groups in total. The molecule has 1 heterocycles. The van der Waals surface area contributed by atoms with Crippen molar-refractivity contribution in [1.82, 2.24) is 9.55 Å². The van der Waals surface area contributed by atoms with E-state index in [1.807, 2.05) is 47.0 Å². The van der Waals surface area contributed by atoms with Crippen molar-refractivity contribution >= 4 is 27.0 Å². The summed E-state index contributed by atoms with van der Waals surface area (Å²) in [6.07, 6.45) is 0. The van der Waals surface area contributed by atoms with Gasteiger partial charge in [0, 0.05) is 5.69 Å². The van der Waals surface area contributed by atoms with Crippen molar-refractivity contribution in [2.24, 2.45) is 0 Å². The molecule has 0 saturated heterocycles. The van der Waals surface area contributed by atoms with E-state index in [0.717, 1.165) is 11.2 Å². The summed E-state index contributed by atoms with van der Waals surface area (Å²) >= 11 is 3.42. The Labute approximate surface area is 106 Å². The molecule has 4 heteroatoms. The molecule has 17 heavy (non-hydrogen) atoms. The molecule has 0 unspecified atom stereocenters. The molecule has 0 radical (unpaired) electrons. The first kappa shape index (κ1) is 10.4. The van der Waals surface area contributed by atoms with Crippen LogP contribution in [0, 0.1) is 0 Å². The molecule has 3 nitrogen and oxygen atoms in total. The third kappa shape index (κ3) is 1.61. The molecular formula is C13H9BrN2O. The average molecular weight is 289 g/mol. The van der Waals surface area contributed by atoms with Crippen molar-refractivity contribution in [3.05, 3.63) is 53.3 Å². The molecule has 0 saturated carbocycles. The fourth-order valence-corrected chi connectivity index (χ4v) is 2.45. The van der Waals surface area contributed by atoms with Gasteiger partial charge >= 0.3 is 0 Å². The van der Waals surface area contributed by atoms with Crippen LogP contribution in [-0.2, 0) is 0 Å². The third-order valence-electron chi connectivity index (χ3n) is 2.64. The van der Waals surface area contributed by atoms with Gasteiger partial charge < -0.3 is 5.11 Å². The molecule has 0 amide bonds. The summed E-state index contributed by atoms with van der Waals surface area (Å²) in [7, 11) is 0. The molecule has 0 atom stereocenters. The number of hydrogen-bond donors (Lipinski definition) is 1. The van der Waals surface area contributed by atoms with Crippen LogP contribution < -0.4 is 0 Å². The number of fused-ring (bicyclic) bond motifs is 1. The highest BCUT2D eigenvalue weighted by atomic mass is 79.9. The van der Waals surface area contributed by atoms with Crippen LogP contribution in [0.1, 0.15) is 0 Å². The predicted molar refractivity (Wildman–Crippen MR) is 70.4 cm³/mol. The minimum atomic E-state index is 0.192. The highest BCUT2D eigenvalue weighted by Crippen LogP contribution is 2.29. The van der Waals surface area contributed by atoms with Crippen molar-refractivity contribution in [3.8, 4) is 11.4 Å². The Kier molecular flexibility index (Phi) is 2.37. The van der Waals surface area contributed by atoms with E-state index in [0.29, 0.717) is 10.3 Å². The average Bonchev–Trinajstić information content (AvgIpc) is 2.68. The summed E-state index contributed by atoms with van der Waals surface area (Å²) in [6.45, 7) is 0. The number of aromatic hydroxyl groups is 1. The fraction of sp³-hybridized carbons (Fsp3) is 0. The largest absolute Gasteiger partial charge is 0.506 e. The van der Waals surface area contributed by atoms with Gasteiger partial charge in [-0.3, -0.25) is 4.57 Å². The Bertz CT molecular complexity index is 676. The minimum absolute atomic E-state index is 0.192. The summed E-state index contributed by atoms with van der Waals surface area (Å²) in [6, 6.07) is 15.3. The first-order chi connectivity index (χ1) is 8.27. The third-order valence-corrected chi connectivity index (χ3v) is 3.17. The lowest BCUT2D eigenvalue weighted by Gasteiger charge is -2.05. The molecule has 3 rings (SSSR count). The van der Waals surface area contributed by atoms with Gasteiger partial charge in [0.1, 0.15) is 11.3 Å². The van der Waals surface area contributed by atoms with E-state index in [4.69, 9.17) is 0 Å². The molecule has 0 spiro atoms. The van der Waals surface area contributed by atoms with Gasteiger partial charge in [0.05, 0.1) is 5.52 Å². The highest BCUT2D eigenvalue weighted by molar-refractivity contribution is 9.10. The quantitative estimate of drug-likeness (QED) is 0.744. The minimum Gasteiger partial charge on any atom is -0.506 e. The normalized spacial score (nSPS) is 10.9. The Balaban J connectivity index is 2.37. The van der Waals surface area contributed by atoms with Gasteiger partial charge in [-0.15, -0.1) is 0 Å². The van der Waals surface area contributed by atoms with Crippen LogP contribution in [0.25, 0.3) is 16.7 Å². The van der Waals surface area contributed by atoms with E-state index in [2.05, 4.69) is 20.9 Å². The molecule has 0 fully saturated rings. The van der Waals surface area contributed by atoms with Crippen molar-refractivity contribution < 1.29 is 5.11 Å². The number of hydrogen-bond acceptors (Lipinski definition) is 2. The van der Waals surface area contributed by atoms with Crippen LogP contribution in [-0.4, -0.2) is 14.7 Å². The van der Waals surface area contributed by atoms with Crippen molar-refractivity contribution in [2.75, 3.05) is 0 Å². The predicted octanol–water partition coefficient (Wildman–Crippen LogP) is 3.49. The van der Waals surface area contributed by atoms with Crippen LogP contribution in [0.2, 0.25) is 0 Å². The summed E-state index contributed by atoms with van der Waals surface area (Å²) in [4.78, 5) is 4.32. The van der Waals surface area contributed by atoms with Gasteiger partial charge in [0.25, 0.3) is 0 Å². The second-order valence-corrected chi connectivity index (χ2v) is 4.41. The Morgan fingerprint density at radius 3 is 2.53 bits per heavy atom. The van der Waals surface area contributed by atoms with Gasteiger partial charge in [-0.25, -0.2) is 4.98 Å². The Morgan fingerprint density at radius 2 is 1.76 bits per heavy atom. The second kappa shape index (κ2) is 3.89. The molecule has 0 bridgehead atoms. The van der Waals surface area contributed by atoms with E-state index < -0.39 is 0 Å². The lowest BCUT2D eigenvalue weighted by molar-refractivity contribution is 0.480. The first-order valence-electron chi connectivity index (χ1n) is 5.19. The zero-order valence-electron chi connectivity index (χ0n) is 8.84. The van der Waals surface area contributed by atoms with Crippen LogP contribution >= 0.6 is 15.9 Å². The number of nitrogens with zero attached hydrogens (tertiary/aromatic N) is 2. The maximum absolute atomic E-state index is 9.76. The molecular weight excluding hydrogens is 280 g/mol. The van der Waals surface area contributed by atoms with E-state index in [1.54, 1.807) is 6.07 Å². The SMILES string of the molecule is Oc1cccc2c1nc(Br)n2-c1ccccc1. The second-order valence-electron chi connectivity index (χ2n) is 3.70. The van der Waals surface area contributed by atoms with Crippen LogP contribution in [0.3, 0.4) is 0 Å². The lowest BCUT2D eigenvalue weighted by Crippen LogP contribution is -1.93. The maximum Gasteiger partial charge on any atom is 0.182 e. The maximum atomic E-state index is 9.76. The number of imidazole rings is 1. The smallest absolute Gasteiger partial charge is 0.182 e. The standard InChI is InChI=1S/C13H9BrN2O/c14-13-15-12-10(7-4-8-11(12)17)16(13)9-5-2-1-3-6-9/h1-8,17H. The van der Waals surface area contributed by atoms with Crippen LogP contribution in [0.5, 0.6) is 5.75 Å². The number of aromatic nitrogens is 2. The molecule has 0 aliphatic carbocycles. The summed E-state index contributed by atoms with van der Waals surface area (Å²) in [5.74, 6) is 0.192. The van der Waals surface area contributed by atoms with E-state index in [9.17, 15) is 5.11 Å². The van der Waals surface area contributed by atoms with E-state index in [-0.39, 0.29) is 5.75 Å². The van der Waals surface area contributed by atoms with Gasteiger partial charge in [0.15, 0.2) is 4.73 Å². The zero-order valence-corrected chi connectivity index (χ0v) is 10.4. The Morgan fingerprint density at radius 1 is 1.00 bits per heavy atom. The van der Waals surface area contributed by atoms with Crippen molar-refractivity contribution in [1.29, 1.82) is 0 Å². The Hall–Kier alpha value is -1.81. The number of halogens is 1. The number of para-hydroxylation sites is 2. The number of phenols is 1. The van der Waals surface area contributed by atoms with E-state index >= 15 is 0 Å². The first-order valence-corrected chi connectivity index (χ1v) is 5.98. The molecule has 0 aliphatic heterocycles. The van der Waals surface area contributed by atoms with Gasteiger partial charge in [-0.1, -0.05) is 24.3 Å². The van der Waals surface area contributed by atoms with Gasteiger partial charge in [0.2, 0.25) is 0 Å². The van der Waals surface area contributed by atoms with Crippen LogP contribution in [0.4, 0.5) is 0 Å². The highest BCUT2D eigenvalue weighted by Gasteiger charge is 2.12. The fourth-order valence-electron chi connectivity index (χ4n) is 1.88. The molecule has 3 aromatic rings. The molecule has 2 aromatic carbocycles.